The van der Waals surface area contributed by atoms with Gasteiger partial charge in [-0.3, -0.25) is 10.1 Å². The molecule has 0 saturated heterocycles. The Labute approximate surface area is 108 Å². The second-order valence-electron chi connectivity index (χ2n) is 3.37. The average Bonchev–Trinajstić information content (AvgIpc) is 2.30. The molecule has 0 aliphatic heterocycles. The first-order valence-electron chi connectivity index (χ1n) is 4.81. The number of carbonyl (C=O) groups is 1. The molecule has 0 aliphatic rings. The zero-order chi connectivity index (χ0) is 13.9. The number of aliphatic hydroxyl groups is 1. The number of rotatable bonds is 3. The van der Waals surface area contributed by atoms with E-state index < -0.39 is 10.9 Å². The number of benzene rings is 1. The summed E-state index contributed by atoms with van der Waals surface area (Å²) in [7, 11) is 1.12. The van der Waals surface area contributed by atoms with Gasteiger partial charge in [0.25, 0.3) is 5.69 Å². The van der Waals surface area contributed by atoms with Crippen molar-refractivity contribution < 1.29 is 19.6 Å². The van der Waals surface area contributed by atoms with Crippen LogP contribution in [0.25, 0.3) is 5.57 Å². The Balaban J connectivity index is 3.53. The van der Waals surface area contributed by atoms with Crippen molar-refractivity contribution in [1.29, 1.82) is 0 Å². The maximum atomic E-state index is 11.5. The lowest BCUT2D eigenvalue weighted by molar-refractivity contribution is -0.385. The average molecular weight is 272 g/mol. The monoisotopic (exact) mass is 271 g/mol. The molecular weight excluding hydrogens is 262 g/mol. The van der Waals surface area contributed by atoms with E-state index in [0.29, 0.717) is 0 Å². The van der Waals surface area contributed by atoms with Crippen LogP contribution in [-0.2, 0) is 9.53 Å². The summed E-state index contributed by atoms with van der Waals surface area (Å²) in [5.74, 6) is -1.23. The van der Waals surface area contributed by atoms with Gasteiger partial charge in [0.2, 0.25) is 0 Å². The van der Waals surface area contributed by atoms with E-state index in [1.807, 2.05) is 0 Å². The molecule has 7 heteroatoms. The summed E-state index contributed by atoms with van der Waals surface area (Å²) in [5.41, 5.74) is -0.687. The minimum absolute atomic E-state index is 0.0451. The van der Waals surface area contributed by atoms with Gasteiger partial charge in [0.1, 0.15) is 11.3 Å². The molecule has 0 unspecified atom stereocenters. The van der Waals surface area contributed by atoms with Crippen LogP contribution in [0.15, 0.2) is 24.0 Å². The molecular formula is C11H10ClNO5. The van der Waals surface area contributed by atoms with Gasteiger partial charge in [0.15, 0.2) is 0 Å². The Hall–Kier alpha value is -2.08. The number of esters is 1. The highest BCUT2D eigenvalue weighted by Crippen LogP contribution is 2.31. The van der Waals surface area contributed by atoms with Crippen molar-refractivity contribution in [3.63, 3.8) is 0 Å². The molecule has 1 aromatic rings. The predicted molar refractivity (Wildman–Crippen MR) is 65.3 cm³/mol. The van der Waals surface area contributed by atoms with Crippen molar-refractivity contribution >= 4 is 28.8 Å². The largest absolute Gasteiger partial charge is 0.512 e. The second kappa shape index (κ2) is 5.50. The molecule has 1 N–H and O–H groups in total. The number of carbonyl (C=O) groups excluding carboxylic acids is 1. The Morgan fingerprint density at radius 2 is 2.11 bits per heavy atom. The fourth-order valence-corrected chi connectivity index (χ4v) is 1.59. The number of methoxy groups -OCH3 is 1. The van der Waals surface area contributed by atoms with Crippen LogP contribution in [0.4, 0.5) is 5.69 Å². The molecule has 0 aliphatic carbocycles. The van der Waals surface area contributed by atoms with Gasteiger partial charge in [-0.15, -0.1) is 0 Å². The highest BCUT2D eigenvalue weighted by molar-refractivity contribution is 6.31. The van der Waals surface area contributed by atoms with Gasteiger partial charge in [-0.2, -0.15) is 0 Å². The lowest BCUT2D eigenvalue weighted by atomic mass is 10.0. The van der Waals surface area contributed by atoms with Crippen molar-refractivity contribution in [3.8, 4) is 0 Å². The highest BCUT2D eigenvalue weighted by atomic mass is 35.5. The smallest absolute Gasteiger partial charge is 0.342 e. The first-order valence-corrected chi connectivity index (χ1v) is 5.18. The van der Waals surface area contributed by atoms with Gasteiger partial charge in [0.05, 0.1) is 17.6 Å². The van der Waals surface area contributed by atoms with E-state index in [1.165, 1.54) is 19.1 Å². The SMILES string of the molecule is COC(=O)/C(=C(/C)O)c1ccc(Cl)cc1[N+](=O)[O-]. The van der Waals surface area contributed by atoms with Crippen LogP contribution in [0.3, 0.4) is 0 Å². The van der Waals surface area contributed by atoms with E-state index in [1.54, 1.807) is 0 Å². The number of nitro groups is 1. The molecule has 0 atom stereocenters. The summed E-state index contributed by atoms with van der Waals surface area (Å²) in [4.78, 5) is 21.7. The number of nitrogens with zero attached hydrogens (tertiary/aromatic N) is 1. The topological polar surface area (TPSA) is 89.7 Å². The zero-order valence-corrected chi connectivity index (χ0v) is 10.4. The van der Waals surface area contributed by atoms with E-state index >= 15 is 0 Å². The molecule has 0 radical (unpaired) electrons. The molecule has 1 aromatic carbocycles. The van der Waals surface area contributed by atoms with Gasteiger partial charge >= 0.3 is 5.97 Å². The summed E-state index contributed by atoms with van der Waals surface area (Å²) in [6, 6.07) is 3.77. The molecule has 0 fully saturated rings. The molecule has 0 aromatic heterocycles. The molecule has 1 rings (SSSR count). The zero-order valence-electron chi connectivity index (χ0n) is 9.64. The molecule has 96 valence electrons. The highest BCUT2D eigenvalue weighted by Gasteiger charge is 2.25. The van der Waals surface area contributed by atoms with E-state index in [4.69, 9.17) is 11.6 Å². The molecule has 0 amide bonds. The summed E-state index contributed by atoms with van der Waals surface area (Å²) in [5, 5.41) is 20.5. The molecule has 18 heavy (non-hydrogen) atoms. The van der Waals surface area contributed by atoms with E-state index in [0.717, 1.165) is 13.2 Å². The van der Waals surface area contributed by atoms with Gasteiger partial charge in [-0.1, -0.05) is 11.6 Å². The van der Waals surface area contributed by atoms with Gasteiger partial charge in [-0.25, -0.2) is 4.79 Å². The van der Waals surface area contributed by atoms with Crippen molar-refractivity contribution in [2.24, 2.45) is 0 Å². The number of hydrogen-bond donors (Lipinski definition) is 1. The van der Waals surface area contributed by atoms with Crippen LogP contribution >= 0.6 is 11.6 Å². The first-order chi connectivity index (χ1) is 8.38. The minimum Gasteiger partial charge on any atom is -0.512 e. The molecule has 6 nitrogen and oxygen atoms in total. The fourth-order valence-electron chi connectivity index (χ4n) is 1.42. The van der Waals surface area contributed by atoms with E-state index in [-0.39, 0.29) is 27.6 Å². The summed E-state index contributed by atoms with van der Waals surface area (Å²) in [6.07, 6.45) is 0. The quantitative estimate of drug-likeness (QED) is 0.300. The van der Waals surface area contributed by atoms with Crippen LogP contribution in [0.5, 0.6) is 0 Å². The number of hydrogen-bond acceptors (Lipinski definition) is 5. The van der Waals surface area contributed by atoms with E-state index in [9.17, 15) is 20.0 Å². The standard InChI is InChI=1S/C11H10ClNO5/c1-6(14)10(11(15)18-2)8-4-3-7(12)5-9(8)13(16)17/h3-5,14H,1-2H3/b10-6-. The molecule has 0 saturated carbocycles. The maximum Gasteiger partial charge on any atom is 0.342 e. The second-order valence-corrected chi connectivity index (χ2v) is 3.81. The van der Waals surface area contributed by atoms with Gasteiger partial charge in [-0.05, 0) is 19.1 Å². The van der Waals surface area contributed by atoms with E-state index in [2.05, 4.69) is 4.74 Å². The third-order valence-electron chi connectivity index (χ3n) is 2.18. The van der Waals surface area contributed by atoms with Gasteiger partial charge in [0, 0.05) is 11.1 Å². The van der Waals surface area contributed by atoms with Crippen LogP contribution in [-0.4, -0.2) is 23.1 Å². The lowest BCUT2D eigenvalue weighted by Crippen LogP contribution is -2.08. The predicted octanol–water partition coefficient (Wildman–Crippen LogP) is 2.71. The van der Waals surface area contributed by atoms with Crippen LogP contribution in [0.1, 0.15) is 12.5 Å². The van der Waals surface area contributed by atoms with Gasteiger partial charge < -0.3 is 9.84 Å². The van der Waals surface area contributed by atoms with Crippen molar-refractivity contribution in [2.45, 2.75) is 6.92 Å². The van der Waals surface area contributed by atoms with Crippen molar-refractivity contribution in [1.82, 2.24) is 0 Å². The molecule has 0 bridgehead atoms. The number of allylic oxidation sites excluding steroid dienone is 1. The van der Waals surface area contributed by atoms with Crippen LogP contribution in [0, 0.1) is 10.1 Å². The Kier molecular flexibility index (Phi) is 4.28. The fraction of sp³-hybridized carbons (Fsp3) is 0.182. The Morgan fingerprint density at radius 1 is 1.50 bits per heavy atom. The van der Waals surface area contributed by atoms with Crippen molar-refractivity contribution in [2.75, 3.05) is 7.11 Å². The van der Waals surface area contributed by atoms with Crippen LogP contribution in [0.2, 0.25) is 5.02 Å². The third-order valence-corrected chi connectivity index (χ3v) is 2.41. The summed E-state index contributed by atoms with van der Waals surface area (Å²) >= 11 is 5.66. The minimum atomic E-state index is -0.861. The molecule has 0 spiro atoms. The normalized spacial score (nSPS) is 11.7. The van der Waals surface area contributed by atoms with Crippen LogP contribution < -0.4 is 0 Å². The Morgan fingerprint density at radius 3 is 2.56 bits per heavy atom. The maximum absolute atomic E-state index is 11.5. The van der Waals surface area contributed by atoms with Crippen molar-refractivity contribution in [3.05, 3.63) is 44.7 Å². The number of aliphatic hydroxyl groups excluding tert-OH is 1. The number of ether oxygens (including phenoxy) is 1. The molecule has 0 heterocycles. The summed E-state index contributed by atoms with van der Waals surface area (Å²) < 4.78 is 4.48. The number of nitro benzene ring substituents is 1. The lowest BCUT2D eigenvalue weighted by Gasteiger charge is -2.07. The number of halogens is 1. The third kappa shape index (κ3) is 2.78. The Bertz CT molecular complexity index is 534. The summed E-state index contributed by atoms with van der Waals surface area (Å²) in [6.45, 7) is 1.24. The first kappa shape index (κ1) is 14.0.